The van der Waals surface area contributed by atoms with Crippen molar-refractivity contribution in [3.05, 3.63) is 34.1 Å². The van der Waals surface area contributed by atoms with Gasteiger partial charge < -0.3 is 14.5 Å². The molecule has 0 aliphatic carbocycles. The lowest BCUT2D eigenvalue weighted by Gasteiger charge is -2.13. The van der Waals surface area contributed by atoms with E-state index in [9.17, 15) is 9.59 Å². The van der Waals surface area contributed by atoms with E-state index in [1.807, 2.05) is 0 Å². The predicted octanol–water partition coefficient (Wildman–Crippen LogP) is 2.56. The highest BCUT2D eigenvalue weighted by molar-refractivity contribution is 5.91. The Balaban J connectivity index is 2.46. The van der Waals surface area contributed by atoms with Gasteiger partial charge in [0, 0.05) is 5.39 Å². The van der Waals surface area contributed by atoms with Crippen LogP contribution in [0.5, 0.6) is 11.5 Å². The molecule has 0 aliphatic heterocycles. The molecule has 2 aromatic rings. The minimum Gasteiger partial charge on any atom is -0.493 e. The van der Waals surface area contributed by atoms with Crippen molar-refractivity contribution in [3.8, 4) is 11.5 Å². The fourth-order valence-electron chi connectivity index (χ4n) is 2.14. The number of aromatic nitrogens is 1. The van der Waals surface area contributed by atoms with Crippen molar-refractivity contribution in [1.29, 1.82) is 0 Å². The maximum atomic E-state index is 11.8. The molecule has 0 bridgehead atoms. The normalized spacial score (nSPS) is 10.6. The van der Waals surface area contributed by atoms with Crippen molar-refractivity contribution in [3.63, 3.8) is 0 Å². The van der Waals surface area contributed by atoms with Crippen molar-refractivity contribution < 1.29 is 14.3 Å². The summed E-state index contributed by atoms with van der Waals surface area (Å²) in [4.78, 5) is 25.2. The Hall–Kier alpha value is -2.30. The number of carbonyl (C=O) groups excluding carboxylic acids is 1. The Kier molecular flexibility index (Phi) is 4.98. The first-order chi connectivity index (χ1) is 10.2. The van der Waals surface area contributed by atoms with Gasteiger partial charge in [-0.05, 0) is 24.6 Å². The largest absolute Gasteiger partial charge is 0.493 e. The van der Waals surface area contributed by atoms with Crippen molar-refractivity contribution in [2.45, 2.75) is 26.2 Å². The molecule has 0 atom stereocenters. The smallest absolute Gasteiger partial charge is 0.259 e. The Morgan fingerprint density at radius 2 is 2.10 bits per heavy atom. The number of hydrogen-bond acceptors (Lipinski definition) is 4. The number of unbranched alkanes of at least 4 members (excludes halogenated alkanes) is 2. The number of aromatic amines is 1. The van der Waals surface area contributed by atoms with Crippen LogP contribution in [-0.4, -0.2) is 25.0 Å². The van der Waals surface area contributed by atoms with Crippen LogP contribution in [0.15, 0.2) is 23.0 Å². The standard InChI is InChI=1S/C16H18NO4/c1-3-4-5-8-21-15-13(20-2)7-6-11-9-12(10-18)16(19)17-14(11)15/h6-7,9H,3-5,8H2,1-2H3,(H,17,19). The van der Waals surface area contributed by atoms with Gasteiger partial charge in [0.1, 0.15) is 0 Å². The highest BCUT2D eigenvalue weighted by Crippen LogP contribution is 2.34. The maximum Gasteiger partial charge on any atom is 0.259 e. The number of ether oxygens (including phenoxy) is 2. The molecular weight excluding hydrogens is 270 g/mol. The molecule has 5 nitrogen and oxygen atoms in total. The van der Waals surface area contributed by atoms with E-state index < -0.39 is 5.56 Å². The Morgan fingerprint density at radius 1 is 1.29 bits per heavy atom. The highest BCUT2D eigenvalue weighted by atomic mass is 16.5. The Morgan fingerprint density at radius 3 is 2.76 bits per heavy atom. The summed E-state index contributed by atoms with van der Waals surface area (Å²) >= 11 is 0. The van der Waals surface area contributed by atoms with Gasteiger partial charge in [-0.2, -0.15) is 0 Å². The summed E-state index contributed by atoms with van der Waals surface area (Å²) < 4.78 is 11.1. The minimum atomic E-state index is -0.482. The molecule has 0 fully saturated rings. The van der Waals surface area contributed by atoms with Gasteiger partial charge in [-0.3, -0.25) is 9.59 Å². The van der Waals surface area contributed by atoms with E-state index in [1.54, 1.807) is 25.5 Å². The van der Waals surface area contributed by atoms with E-state index in [2.05, 4.69) is 11.9 Å². The molecule has 1 radical (unpaired) electrons. The second kappa shape index (κ2) is 6.92. The number of nitrogens with one attached hydrogen (secondary N) is 1. The van der Waals surface area contributed by atoms with Crippen molar-refractivity contribution in [1.82, 2.24) is 4.98 Å². The first-order valence-electron chi connectivity index (χ1n) is 6.96. The third-order valence-corrected chi connectivity index (χ3v) is 3.26. The van der Waals surface area contributed by atoms with Crippen molar-refractivity contribution in [2.24, 2.45) is 0 Å². The SMILES string of the molecule is CCCCCOc1c(OC)ccc2cc([C]=O)c(=O)[nH]c12. The van der Waals surface area contributed by atoms with Gasteiger partial charge in [0.25, 0.3) is 5.56 Å². The number of fused-ring (bicyclic) bond motifs is 1. The van der Waals surface area contributed by atoms with E-state index in [-0.39, 0.29) is 5.56 Å². The first kappa shape index (κ1) is 15.1. The third kappa shape index (κ3) is 3.24. The average molecular weight is 288 g/mol. The van der Waals surface area contributed by atoms with Crippen molar-refractivity contribution in [2.75, 3.05) is 13.7 Å². The van der Waals surface area contributed by atoms with Gasteiger partial charge in [-0.25, -0.2) is 0 Å². The molecule has 1 aromatic carbocycles. The molecule has 21 heavy (non-hydrogen) atoms. The van der Waals surface area contributed by atoms with E-state index in [1.165, 1.54) is 6.07 Å². The van der Waals surface area contributed by atoms with Gasteiger partial charge in [-0.15, -0.1) is 0 Å². The summed E-state index contributed by atoms with van der Waals surface area (Å²) in [5.74, 6) is 1.05. The third-order valence-electron chi connectivity index (χ3n) is 3.26. The molecule has 1 heterocycles. The van der Waals surface area contributed by atoms with Gasteiger partial charge in [0.05, 0.1) is 24.8 Å². The van der Waals surface area contributed by atoms with Crippen LogP contribution in [0.3, 0.4) is 0 Å². The molecule has 0 saturated carbocycles. The summed E-state index contributed by atoms with van der Waals surface area (Å²) in [7, 11) is 1.55. The predicted molar refractivity (Wildman–Crippen MR) is 80.9 cm³/mol. The second-order valence-corrected chi connectivity index (χ2v) is 4.73. The molecule has 0 spiro atoms. The molecule has 1 aromatic heterocycles. The van der Waals surface area contributed by atoms with E-state index in [0.29, 0.717) is 29.0 Å². The molecular formula is C16H18NO4. The minimum absolute atomic E-state index is 0.0235. The summed E-state index contributed by atoms with van der Waals surface area (Å²) in [5, 5.41) is 0.708. The van der Waals surface area contributed by atoms with Crippen LogP contribution in [0.1, 0.15) is 31.7 Å². The summed E-state index contributed by atoms with van der Waals surface area (Å²) in [6.45, 7) is 2.67. The molecule has 2 rings (SSSR count). The maximum absolute atomic E-state index is 11.8. The van der Waals surface area contributed by atoms with E-state index in [0.717, 1.165) is 19.3 Å². The van der Waals surface area contributed by atoms with Crippen LogP contribution >= 0.6 is 0 Å². The lowest BCUT2D eigenvalue weighted by atomic mass is 10.1. The van der Waals surface area contributed by atoms with Crippen LogP contribution in [-0.2, 0) is 4.79 Å². The summed E-state index contributed by atoms with van der Waals surface area (Å²) in [5.41, 5.74) is 0.0311. The van der Waals surface area contributed by atoms with Crippen LogP contribution in [0, 0.1) is 0 Å². The van der Waals surface area contributed by atoms with Gasteiger partial charge in [0.2, 0.25) is 6.29 Å². The zero-order valence-corrected chi connectivity index (χ0v) is 12.2. The van der Waals surface area contributed by atoms with Crippen LogP contribution in [0.4, 0.5) is 0 Å². The van der Waals surface area contributed by atoms with Gasteiger partial charge in [-0.1, -0.05) is 19.8 Å². The average Bonchev–Trinajstić information content (AvgIpc) is 2.50. The highest BCUT2D eigenvalue weighted by Gasteiger charge is 2.12. The summed E-state index contributed by atoms with van der Waals surface area (Å²) in [6.07, 6.45) is 4.74. The molecule has 0 unspecified atom stereocenters. The molecule has 0 aliphatic rings. The fourth-order valence-corrected chi connectivity index (χ4v) is 2.14. The van der Waals surface area contributed by atoms with Crippen molar-refractivity contribution >= 4 is 17.2 Å². The number of methoxy groups -OCH3 is 1. The van der Waals surface area contributed by atoms with Crippen LogP contribution in [0.2, 0.25) is 0 Å². The van der Waals surface area contributed by atoms with Gasteiger partial charge >= 0.3 is 0 Å². The van der Waals surface area contributed by atoms with Crippen LogP contribution in [0.25, 0.3) is 10.9 Å². The second-order valence-electron chi connectivity index (χ2n) is 4.73. The lowest BCUT2D eigenvalue weighted by molar-refractivity contribution is 0.289. The Labute approximate surface area is 122 Å². The zero-order valence-electron chi connectivity index (χ0n) is 12.2. The molecule has 111 valence electrons. The zero-order chi connectivity index (χ0) is 15.2. The van der Waals surface area contributed by atoms with Gasteiger partial charge in [0.15, 0.2) is 11.5 Å². The monoisotopic (exact) mass is 288 g/mol. The number of hydrogen-bond donors (Lipinski definition) is 1. The van der Waals surface area contributed by atoms with E-state index in [4.69, 9.17) is 9.47 Å². The molecule has 0 saturated heterocycles. The van der Waals surface area contributed by atoms with E-state index >= 15 is 0 Å². The molecule has 5 heteroatoms. The van der Waals surface area contributed by atoms with Crippen LogP contribution < -0.4 is 15.0 Å². The first-order valence-corrected chi connectivity index (χ1v) is 6.96. The topological polar surface area (TPSA) is 68.4 Å². The number of H-pyrrole nitrogens is 1. The fraction of sp³-hybridized carbons (Fsp3) is 0.375. The molecule has 1 N–H and O–H groups in total. The molecule has 0 amide bonds. The lowest BCUT2D eigenvalue weighted by Crippen LogP contribution is -2.12. The number of pyridine rings is 1. The quantitative estimate of drug-likeness (QED) is 0.795. The number of rotatable bonds is 7. The number of benzene rings is 1. The summed E-state index contributed by atoms with van der Waals surface area (Å²) in [6, 6.07) is 5.02. The Bertz CT molecular complexity index is 690.